The summed E-state index contributed by atoms with van der Waals surface area (Å²) in [6.45, 7) is 6.12. The van der Waals surface area contributed by atoms with Crippen LogP contribution in [0.25, 0.3) is 17.0 Å². The molecule has 0 atom stereocenters. The van der Waals surface area contributed by atoms with Crippen LogP contribution in [0.1, 0.15) is 38.0 Å². The van der Waals surface area contributed by atoms with Crippen LogP contribution in [-0.4, -0.2) is 17.2 Å². The van der Waals surface area contributed by atoms with Crippen molar-refractivity contribution in [2.45, 2.75) is 26.7 Å². The fraction of sp³-hybridized carbons (Fsp3) is 0.286. The second-order valence-electron chi connectivity index (χ2n) is 4.63. The molecule has 2 rings (SSSR count). The van der Waals surface area contributed by atoms with Crippen LogP contribution in [0.3, 0.4) is 0 Å². The Labute approximate surface area is 107 Å². The van der Waals surface area contributed by atoms with E-state index in [2.05, 4.69) is 13.8 Å². The molecule has 0 spiro atoms. The first-order valence-corrected chi connectivity index (χ1v) is 6.10. The zero-order valence-corrected chi connectivity index (χ0v) is 10.8. The first-order chi connectivity index (χ1) is 8.56. The van der Waals surface area contributed by atoms with Gasteiger partial charge in [-0.1, -0.05) is 38.1 Å². The normalized spacial score (nSPS) is 11.9. The van der Waals surface area contributed by atoms with E-state index in [4.69, 9.17) is 4.42 Å². The van der Waals surface area contributed by atoms with Crippen molar-refractivity contribution in [2.75, 3.05) is 0 Å². The molecule has 0 fully saturated rings. The fourth-order valence-corrected chi connectivity index (χ4v) is 2.25. The molecule has 18 heavy (non-hydrogen) atoms. The molecular formula is C14H17BO3. The van der Waals surface area contributed by atoms with Crippen molar-refractivity contribution >= 4 is 29.6 Å². The molecular weight excluding hydrogens is 227 g/mol. The van der Waals surface area contributed by atoms with E-state index >= 15 is 0 Å². The highest BCUT2D eigenvalue weighted by atomic mass is 16.4. The lowest BCUT2D eigenvalue weighted by molar-refractivity contribution is 0.425. The van der Waals surface area contributed by atoms with Crippen molar-refractivity contribution in [3.8, 4) is 0 Å². The number of benzene rings is 1. The van der Waals surface area contributed by atoms with E-state index in [0.717, 1.165) is 16.7 Å². The topological polar surface area (TPSA) is 53.6 Å². The highest BCUT2D eigenvalue weighted by Crippen LogP contribution is 2.31. The summed E-state index contributed by atoms with van der Waals surface area (Å²) in [6, 6.07) is 5.44. The monoisotopic (exact) mass is 244 g/mol. The molecule has 0 bridgehead atoms. The van der Waals surface area contributed by atoms with E-state index in [0.29, 0.717) is 17.0 Å². The van der Waals surface area contributed by atoms with Gasteiger partial charge in [0.2, 0.25) is 0 Å². The standard InChI is InChI=1S/C14H17BO3/c1-4-6-12-13(9(2)3)10-7-5-8-11(15(16)17)14(10)18-12/h4-9,16-17H,1-3H3/b6-4-. The third-order valence-electron chi connectivity index (χ3n) is 2.99. The zero-order valence-electron chi connectivity index (χ0n) is 10.8. The van der Waals surface area contributed by atoms with Crippen molar-refractivity contribution < 1.29 is 14.5 Å². The molecule has 4 heteroatoms. The van der Waals surface area contributed by atoms with Crippen LogP contribution in [-0.2, 0) is 0 Å². The van der Waals surface area contributed by atoms with Gasteiger partial charge in [-0.2, -0.15) is 0 Å². The molecule has 2 N–H and O–H groups in total. The zero-order chi connectivity index (χ0) is 13.3. The van der Waals surface area contributed by atoms with Crippen molar-refractivity contribution in [2.24, 2.45) is 0 Å². The summed E-state index contributed by atoms with van der Waals surface area (Å²) in [7, 11) is -1.52. The van der Waals surface area contributed by atoms with Gasteiger partial charge >= 0.3 is 7.12 Å². The third kappa shape index (κ3) is 2.09. The van der Waals surface area contributed by atoms with Gasteiger partial charge in [0.25, 0.3) is 0 Å². The number of allylic oxidation sites excluding steroid dienone is 1. The van der Waals surface area contributed by atoms with Crippen LogP contribution in [0.15, 0.2) is 28.7 Å². The lowest BCUT2D eigenvalue weighted by Crippen LogP contribution is -2.30. The summed E-state index contributed by atoms with van der Waals surface area (Å²) < 4.78 is 5.79. The first-order valence-electron chi connectivity index (χ1n) is 6.10. The van der Waals surface area contributed by atoms with Crippen LogP contribution in [0.2, 0.25) is 0 Å². The van der Waals surface area contributed by atoms with Crippen molar-refractivity contribution in [3.63, 3.8) is 0 Å². The van der Waals surface area contributed by atoms with Crippen molar-refractivity contribution in [1.82, 2.24) is 0 Å². The summed E-state index contributed by atoms with van der Waals surface area (Å²) in [5.41, 5.74) is 2.07. The predicted molar refractivity (Wildman–Crippen MR) is 74.8 cm³/mol. The Morgan fingerprint density at radius 3 is 2.56 bits per heavy atom. The minimum Gasteiger partial charge on any atom is -0.457 e. The summed E-state index contributed by atoms with van der Waals surface area (Å²) in [5.74, 6) is 1.10. The van der Waals surface area contributed by atoms with Gasteiger partial charge in [0, 0.05) is 16.4 Å². The van der Waals surface area contributed by atoms with Gasteiger partial charge in [0.15, 0.2) is 0 Å². The van der Waals surface area contributed by atoms with Gasteiger partial charge in [-0.05, 0) is 18.9 Å². The first kappa shape index (κ1) is 12.9. The van der Waals surface area contributed by atoms with E-state index in [9.17, 15) is 10.0 Å². The number of fused-ring (bicyclic) bond motifs is 1. The van der Waals surface area contributed by atoms with E-state index in [1.54, 1.807) is 6.07 Å². The Kier molecular flexibility index (Phi) is 3.59. The molecule has 2 aromatic rings. The van der Waals surface area contributed by atoms with Gasteiger partial charge in [0.1, 0.15) is 11.3 Å². The van der Waals surface area contributed by atoms with E-state index < -0.39 is 7.12 Å². The van der Waals surface area contributed by atoms with Gasteiger partial charge in [0.05, 0.1) is 0 Å². The molecule has 0 saturated carbocycles. The van der Waals surface area contributed by atoms with E-state index in [-0.39, 0.29) is 0 Å². The lowest BCUT2D eigenvalue weighted by Gasteiger charge is -2.04. The fourth-order valence-electron chi connectivity index (χ4n) is 2.25. The Morgan fingerprint density at radius 1 is 1.28 bits per heavy atom. The smallest absolute Gasteiger partial charge is 0.457 e. The predicted octanol–water partition coefficient (Wildman–Crippen LogP) is 2.27. The van der Waals surface area contributed by atoms with Crippen LogP contribution < -0.4 is 5.46 Å². The Morgan fingerprint density at radius 2 is 2.00 bits per heavy atom. The third-order valence-corrected chi connectivity index (χ3v) is 2.99. The molecule has 1 heterocycles. The molecule has 1 aromatic carbocycles. The molecule has 0 unspecified atom stereocenters. The Bertz CT molecular complexity index is 582. The van der Waals surface area contributed by atoms with Crippen LogP contribution in [0.5, 0.6) is 0 Å². The van der Waals surface area contributed by atoms with Crippen LogP contribution >= 0.6 is 0 Å². The Balaban J connectivity index is 2.79. The van der Waals surface area contributed by atoms with E-state index in [1.165, 1.54) is 0 Å². The molecule has 0 saturated heterocycles. The molecule has 0 aliphatic rings. The quantitative estimate of drug-likeness (QED) is 0.814. The maximum Gasteiger partial charge on any atom is 0.492 e. The molecule has 94 valence electrons. The number of para-hydroxylation sites is 1. The molecule has 0 aliphatic carbocycles. The summed E-state index contributed by atoms with van der Waals surface area (Å²) >= 11 is 0. The Hall–Kier alpha value is -1.52. The van der Waals surface area contributed by atoms with Gasteiger partial charge in [-0.25, -0.2) is 0 Å². The molecule has 0 aliphatic heterocycles. The molecule has 0 radical (unpaired) electrons. The molecule has 1 aromatic heterocycles. The summed E-state index contributed by atoms with van der Waals surface area (Å²) in [4.78, 5) is 0. The van der Waals surface area contributed by atoms with Gasteiger partial charge < -0.3 is 14.5 Å². The SMILES string of the molecule is C/C=C\c1oc2c(B(O)O)cccc2c1C(C)C. The maximum atomic E-state index is 9.37. The largest absolute Gasteiger partial charge is 0.492 e. The van der Waals surface area contributed by atoms with Gasteiger partial charge in [-0.15, -0.1) is 0 Å². The minimum absolute atomic E-state index is 0.309. The van der Waals surface area contributed by atoms with Crippen LogP contribution in [0, 0.1) is 0 Å². The highest BCUT2D eigenvalue weighted by Gasteiger charge is 2.22. The van der Waals surface area contributed by atoms with Crippen molar-refractivity contribution in [3.05, 3.63) is 35.6 Å². The minimum atomic E-state index is -1.52. The summed E-state index contributed by atoms with van der Waals surface area (Å²) in [6.07, 6.45) is 3.82. The summed E-state index contributed by atoms with van der Waals surface area (Å²) in [5, 5.41) is 19.7. The molecule has 0 amide bonds. The number of rotatable bonds is 3. The number of hydrogen-bond acceptors (Lipinski definition) is 3. The van der Waals surface area contributed by atoms with Crippen LogP contribution in [0.4, 0.5) is 0 Å². The average Bonchev–Trinajstić information content (AvgIpc) is 2.66. The number of hydrogen-bond donors (Lipinski definition) is 2. The second-order valence-corrected chi connectivity index (χ2v) is 4.63. The maximum absolute atomic E-state index is 9.37. The highest BCUT2D eigenvalue weighted by molar-refractivity contribution is 6.61. The molecule has 3 nitrogen and oxygen atoms in total. The van der Waals surface area contributed by atoms with E-state index in [1.807, 2.05) is 31.2 Å². The van der Waals surface area contributed by atoms with Gasteiger partial charge in [-0.3, -0.25) is 0 Å². The average molecular weight is 244 g/mol. The number of furan rings is 1. The second kappa shape index (κ2) is 5.00. The van der Waals surface area contributed by atoms with Crippen molar-refractivity contribution in [1.29, 1.82) is 0 Å². The lowest BCUT2D eigenvalue weighted by atomic mass is 9.79.